The minimum atomic E-state index is 0.0101. The highest BCUT2D eigenvalue weighted by atomic mass is 16.6. The van der Waals surface area contributed by atoms with E-state index in [0.29, 0.717) is 18.5 Å². The van der Waals surface area contributed by atoms with Crippen molar-refractivity contribution in [1.82, 2.24) is 20.5 Å². The van der Waals surface area contributed by atoms with Crippen molar-refractivity contribution < 1.29 is 9.42 Å². The number of nitrogens with one attached hydrogen (secondary N) is 1. The third-order valence-electron chi connectivity index (χ3n) is 5.13. The van der Waals surface area contributed by atoms with Gasteiger partial charge < -0.3 is 10.2 Å². The summed E-state index contributed by atoms with van der Waals surface area (Å²) in [6, 6.07) is 6.11. The van der Waals surface area contributed by atoms with Gasteiger partial charge in [-0.05, 0) is 59.1 Å². The van der Waals surface area contributed by atoms with E-state index in [-0.39, 0.29) is 6.03 Å². The molecule has 6 heteroatoms. The molecule has 2 aliphatic rings. The lowest BCUT2D eigenvalue weighted by molar-refractivity contribution is 0.197. The van der Waals surface area contributed by atoms with Crippen molar-refractivity contribution in [3.05, 3.63) is 23.8 Å². The van der Waals surface area contributed by atoms with E-state index in [2.05, 4.69) is 15.6 Å². The Kier molecular flexibility index (Phi) is 3.24. The van der Waals surface area contributed by atoms with Gasteiger partial charge in [-0.2, -0.15) is 0 Å². The zero-order valence-electron chi connectivity index (χ0n) is 12.7. The first-order valence-corrected chi connectivity index (χ1v) is 7.92. The lowest BCUT2D eigenvalue weighted by Crippen LogP contribution is -2.44. The van der Waals surface area contributed by atoms with Crippen LogP contribution in [-0.4, -0.2) is 34.3 Å². The second kappa shape index (κ2) is 5.26. The normalized spacial score (nSPS) is 26.5. The van der Waals surface area contributed by atoms with E-state index in [9.17, 15) is 4.79 Å². The molecule has 0 spiro atoms. The maximum Gasteiger partial charge on any atom is 0.317 e. The van der Waals surface area contributed by atoms with Crippen molar-refractivity contribution in [2.45, 2.75) is 38.3 Å². The van der Waals surface area contributed by atoms with E-state index in [1.807, 2.05) is 25.2 Å². The topological polar surface area (TPSA) is 71.3 Å². The van der Waals surface area contributed by atoms with Crippen LogP contribution in [0.3, 0.4) is 0 Å². The fraction of sp³-hybridized carbons (Fsp3) is 0.562. The summed E-state index contributed by atoms with van der Waals surface area (Å²) in [4.78, 5) is 14.1. The van der Waals surface area contributed by atoms with E-state index in [1.54, 1.807) is 4.90 Å². The van der Waals surface area contributed by atoms with Crippen LogP contribution >= 0.6 is 0 Å². The molecular weight excluding hydrogens is 280 g/mol. The Morgan fingerprint density at radius 2 is 2.18 bits per heavy atom. The molecule has 3 unspecified atom stereocenters. The maximum absolute atomic E-state index is 12.4. The first kappa shape index (κ1) is 13.5. The van der Waals surface area contributed by atoms with E-state index >= 15 is 0 Å². The summed E-state index contributed by atoms with van der Waals surface area (Å²) in [7, 11) is 1.83. The quantitative estimate of drug-likeness (QED) is 0.945. The van der Waals surface area contributed by atoms with Gasteiger partial charge in [0.1, 0.15) is 11.0 Å². The Labute approximate surface area is 128 Å². The summed E-state index contributed by atoms with van der Waals surface area (Å²) in [6.45, 7) is 0.551. The van der Waals surface area contributed by atoms with Crippen LogP contribution in [0.1, 0.15) is 31.2 Å². The molecule has 3 atom stereocenters. The second-order valence-electron chi connectivity index (χ2n) is 6.67. The molecule has 2 saturated carbocycles. The molecule has 2 aromatic rings. The largest absolute Gasteiger partial charge is 0.335 e. The van der Waals surface area contributed by atoms with Gasteiger partial charge in [-0.25, -0.2) is 9.42 Å². The molecule has 4 rings (SSSR count). The van der Waals surface area contributed by atoms with Crippen LogP contribution in [0.2, 0.25) is 0 Å². The van der Waals surface area contributed by atoms with Crippen molar-refractivity contribution in [2.75, 3.05) is 7.05 Å². The van der Waals surface area contributed by atoms with Gasteiger partial charge in [0.05, 0.1) is 0 Å². The molecule has 2 bridgehead atoms. The molecule has 2 amide bonds. The number of hydrogen-bond acceptors (Lipinski definition) is 4. The predicted octanol–water partition coefficient (Wildman–Crippen LogP) is 2.55. The summed E-state index contributed by atoms with van der Waals surface area (Å²) in [5, 5.41) is 10.8. The van der Waals surface area contributed by atoms with E-state index in [1.165, 1.54) is 19.3 Å². The highest BCUT2D eigenvalue weighted by molar-refractivity contribution is 5.75. The Bertz CT molecular complexity index is 698. The number of rotatable bonds is 3. The van der Waals surface area contributed by atoms with Gasteiger partial charge >= 0.3 is 6.03 Å². The number of amides is 2. The second-order valence-corrected chi connectivity index (χ2v) is 6.67. The number of benzene rings is 1. The summed E-state index contributed by atoms with van der Waals surface area (Å²) >= 11 is 0. The molecular formula is C16H20N4O2. The maximum atomic E-state index is 12.4. The first-order chi connectivity index (χ1) is 10.7. The molecule has 1 aromatic carbocycles. The highest BCUT2D eigenvalue weighted by Gasteiger charge is 2.40. The average molecular weight is 300 g/mol. The van der Waals surface area contributed by atoms with Crippen LogP contribution < -0.4 is 5.32 Å². The summed E-state index contributed by atoms with van der Waals surface area (Å²) in [5.41, 5.74) is 2.48. The lowest BCUT2D eigenvalue weighted by Gasteiger charge is -2.26. The third-order valence-corrected chi connectivity index (χ3v) is 5.13. The van der Waals surface area contributed by atoms with E-state index < -0.39 is 0 Å². The lowest BCUT2D eigenvalue weighted by atomic mass is 9.95. The van der Waals surface area contributed by atoms with Crippen molar-refractivity contribution >= 4 is 17.1 Å². The number of aromatic nitrogens is 2. The molecule has 0 radical (unpaired) electrons. The zero-order valence-corrected chi connectivity index (χ0v) is 12.7. The highest BCUT2D eigenvalue weighted by Crippen LogP contribution is 2.44. The minimum absolute atomic E-state index is 0.0101. The Morgan fingerprint density at radius 1 is 1.32 bits per heavy atom. The molecule has 1 N–H and O–H groups in total. The first-order valence-electron chi connectivity index (χ1n) is 7.92. The zero-order chi connectivity index (χ0) is 15.1. The SMILES string of the molecule is CN(Cc1ccc2nonc2c1)C(=O)NC1CC2CCC1C2. The fourth-order valence-corrected chi connectivity index (χ4v) is 3.96. The predicted molar refractivity (Wildman–Crippen MR) is 81.0 cm³/mol. The molecule has 116 valence electrons. The number of carbonyl (C=O) groups is 1. The number of carbonyl (C=O) groups excluding carboxylic acids is 1. The van der Waals surface area contributed by atoms with Crippen LogP contribution in [-0.2, 0) is 6.54 Å². The van der Waals surface area contributed by atoms with Crippen LogP contribution in [0.4, 0.5) is 4.79 Å². The Morgan fingerprint density at radius 3 is 2.95 bits per heavy atom. The minimum Gasteiger partial charge on any atom is -0.335 e. The smallest absolute Gasteiger partial charge is 0.317 e. The van der Waals surface area contributed by atoms with Crippen LogP contribution in [0.25, 0.3) is 11.0 Å². The Hall–Kier alpha value is -2.11. The molecule has 0 aliphatic heterocycles. The molecule has 22 heavy (non-hydrogen) atoms. The number of hydrogen-bond donors (Lipinski definition) is 1. The number of fused-ring (bicyclic) bond motifs is 3. The molecule has 6 nitrogen and oxygen atoms in total. The molecule has 2 aliphatic carbocycles. The van der Waals surface area contributed by atoms with Gasteiger partial charge in [0.25, 0.3) is 0 Å². The molecule has 0 saturated heterocycles. The van der Waals surface area contributed by atoms with Gasteiger partial charge in [0.2, 0.25) is 0 Å². The summed E-state index contributed by atoms with van der Waals surface area (Å²) in [5.74, 6) is 1.53. The van der Waals surface area contributed by atoms with Gasteiger partial charge in [-0.15, -0.1) is 0 Å². The van der Waals surface area contributed by atoms with Crippen LogP contribution in [0.15, 0.2) is 22.8 Å². The summed E-state index contributed by atoms with van der Waals surface area (Å²) < 4.78 is 4.70. The number of urea groups is 1. The molecule has 2 fully saturated rings. The monoisotopic (exact) mass is 300 g/mol. The number of nitrogens with zero attached hydrogens (tertiary/aromatic N) is 3. The van der Waals surface area contributed by atoms with Gasteiger partial charge in [-0.1, -0.05) is 12.5 Å². The van der Waals surface area contributed by atoms with Crippen molar-refractivity contribution in [3.8, 4) is 0 Å². The van der Waals surface area contributed by atoms with Crippen LogP contribution in [0, 0.1) is 11.8 Å². The van der Waals surface area contributed by atoms with Crippen molar-refractivity contribution in [2.24, 2.45) is 11.8 Å². The molecule has 1 aromatic heterocycles. The average Bonchev–Trinajstić information content (AvgIpc) is 3.22. The van der Waals surface area contributed by atoms with E-state index in [0.717, 1.165) is 28.9 Å². The van der Waals surface area contributed by atoms with E-state index in [4.69, 9.17) is 4.63 Å². The fourth-order valence-electron chi connectivity index (χ4n) is 3.96. The van der Waals surface area contributed by atoms with Gasteiger partial charge in [0, 0.05) is 19.6 Å². The standard InChI is InChI=1S/C16H20N4O2/c1-20(9-11-3-5-13-15(8-11)19-22-18-13)16(21)17-14-7-10-2-4-12(14)6-10/h3,5,8,10,12,14H,2,4,6-7,9H2,1H3,(H,17,21). The Balaban J connectivity index is 1.38. The van der Waals surface area contributed by atoms with Crippen molar-refractivity contribution in [1.29, 1.82) is 0 Å². The summed E-state index contributed by atoms with van der Waals surface area (Å²) in [6.07, 6.45) is 5.07. The van der Waals surface area contributed by atoms with Gasteiger partial charge in [0.15, 0.2) is 0 Å². The molecule has 1 heterocycles. The van der Waals surface area contributed by atoms with Crippen molar-refractivity contribution in [3.63, 3.8) is 0 Å². The third kappa shape index (κ3) is 2.42. The van der Waals surface area contributed by atoms with Crippen LogP contribution in [0.5, 0.6) is 0 Å². The van der Waals surface area contributed by atoms with Gasteiger partial charge in [-0.3, -0.25) is 0 Å².